The zero-order chi connectivity index (χ0) is 24.2. The summed E-state index contributed by atoms with van der Waals surface area (Å²) in [6.07, 6.45) is 1.41. The van der Waals surface area contributed by atoms with E-state index in [1.807, 2.05) is 4.90 Å². The van der Waals surface area contributed by atoms with Gasteiger partial charge in [0.2, 0.25) is 5.91 Å². The van der Waals surface area contributed by atoms with Gasteiger partial charge in [0.15, 0.2) is 0 Å². The minimum atomic E-state index is -0.649. The van der Waals surface area contributed by atoms with E-state index in [0.717, 1.165) is 4.90 Å². The first-order valence-electron chi connectivity index (χ1n) is 10.2. The van der Waals surface area contributed by atoms with Gasteiger partial charge in [-0.15, -0.1) is 0 Å². The number of carbonyl (C=O) groups is 3. The summed E-state index contributed by atoms with van der Waals surface area (Å²) in [6.45, 7) is 1.56. The minimum Gasteiger partial charge on any atom is -0.378 e. The standard InChI is InChI=1S/C22H19ClN4O6S/c23-15-3-1-2-4-16(15)24-20(28)13-26-21(29)19(34-22(26)30)12-14-5-6-17(18(11-14)27(31)32)25-7-9-33-10-8-25/h1-6,11-12H,7-10,13H2,(H,24,28)/b19-12+. The molecule has 0 aromatic heterocycles. The van der Waals surface area contributed by atoms with Crippen molar-refractivity contribution in [2.75, 3.05) is 43.1 Å². The SMILES string of the molecule is O=C(CN1C(=O)S/C(=C/c2ccc(N3CCOCC3)c([N+](=O)[O-])c2)C1=O)Nc1ccccc1Cl. The maximum Gasteiger partial charge on any atom is 0.294 e. The Hall–Kier alpha value is -3.41. The van der Waals surface area contributed by atoms with Gasteiger partial charge in [0, 0.05) is 19.2 Å². The van der Waals surface area contributed by atoms with Gasteiger partial charge >= 0.3 is 0 Å². The second-order valence-corrected chi connectivity index (χ2v) is 8.80. The Bertz CT molecular complexity index is 1200. The van der Waals surface area contributed by atoms with E-state index in [1.165, 1.54) is 12.1 Å². The van der Waals surface area contributed by atoms with Crippen molar-refractivity contribution in [3.8, 4) is 0 Å². The molecule has 2 fully saturated rings. The molecule has 1 N–H and O–H groups in total. The maximum absolute atomic E-state index is 12.8. The summed E-state index contributed by atoms with van der Waals surface area (Å²) in [6, 6.07) is 11.2. The van der Waals surface area contributed by atoms with Gasteiger partial charge in [0.1, 0.15) is 12.2 Å². The monoisotopic (exact) mass is 502 g/mol. The molecular formula is C22H19ClN4O6S. The molecule has 10 nitrogen and oxygen atoms in total. The summed E-state index contributed by atoms with van der Waals surface area (Å²) in [4.78, 5) is 51.4. The van der Waals surface area contributed by atoms with Gasteiger partial charge in [-0.2, -0.15) is 0 Å². The average Bonchev–Trinajstić information content (AvgIpc) is 3.08. The molecule has 0 atom stereocenters. The summed E-state index contributed by atoms with van der Waals surface area (Å²) < 4.78 is 5.30. The number of imide groups is 1. The van der Waals surface area contributed by atoms with E-state index in [4.69, 9.17) is 16.3 Å². The Kier molecular flexibility index (Phi) is 7.15. The molecule has 0 radical (unpaired) electrons. The van der Waals surface area contributed by atoms with Crippen LogP contribution in [0.1, 0.15) is 5.56 Å². The van der Waals surface area contributed by atoms with Crippen molar-refractivity contribution >= 4 is 63.6 Å². The molecule has 0 spiro atoms. The molecule has 34 heavy (non-hydrogen) atoms. The minimum absolute atomic E-state index is 0.0731. The number of amides is 3. The first-order chi connectivity index (χ1) is 16.3. The molecule has 12 heteroatoms. The number of para-hydroxylation sites is 1. The van der Waals surface area contributed by atoms with Crippen molar-refractivity contribution in [3.63, 3.8) is 0 Å². The van der Waals surface area contributed by atoms with Crippen LogP contribution in [0.3, 0.4) is 0 Å². The lowest BCUT2D eigenvalue weighted by atomic mass is 10.1. The van der Waals surface area contributed by atoms with Gasteiger partial charge in [-0.25, -0.2) is 0 Å². The second kappa shape index (κ2) is 10.2. The fraction of sp³-hybridized carbons (Fsp3) is 0.227. The van der Waals surface area contributed by atoms with E-state index >= 15 is 0 Å². The highest BCUT2D eigenvalue weighted by Gasteiger charge is 2.36. The van der Waals surface area contributed by atoms with E-state index < -0.39 is 28.5 Å². The number of nitro benzene ring substituents is 1. The summed E-state index contributed by atoms with van der Waals surface area (Å²) in [7, 11) is 0. The highest BCUT2D eigenvalue weighted by atomic mass is 35.5. The quantitative estimate of drug-likeness (QED) is 0.360. The smallest absolute Gasteiger partial charge is 0.294 e. The topological polar surface area (TPSA) is 122 Å². The zero-order valence-electron chi connectivity index (χ0n) is 17.7. The van der Waals surface area contributed by atoms with Gasteiger partial charge in [0.25, 0.3) is 16.8 Å². The number of nitro groups is 1. The van der Waals surface area contributed by atoms with E-state index in [9.17, 15) is 24.5 Å². The zero-order valence-corrected chi connectivity index (χ0v) is 19.3. The molecule has 4 rings (SSSR count). The molecule has 0 aliphatic carbocycles. The normalized spacial score (nSPS) is 17.4. The van der Waals surface area contributed by atoms with E-state index in [-0.39, 0.29) is 10.6 Å². The number of nitrogens with one attached hydrogen (secondary N) is 1. The third-order valence-corrected chi connectivity index (χ3v) is 6.41. The third kappa shape index (κ3) is 5.22. The molecule has 0 bridgehead atoms. The van der Waals surface area contributed by atoms with Crippen LogP contribution in [0.5, 0.6) is 0 Å². The van der Waals surface area contributed by atoms with Crippen LogP contribution >= 0.6 is 23.4 Å². The number of anilines is 2. The van der Waals surface area contributed by atoms with Crippen molar-refractivity contribution in [1.82, 2.24) is 4.90 Å². The van der Waals surface area contributed by atoms with Crippen LogP contribution in [0.15, 0.2) is 47.4 Å². The molecule has 0 unspecified atom stereocenters. The van der Waals surface area contributed by atoms with Crippen LogP contribution in [0.4, 0.5) is 21.9 Å². The first kappa shape index (κ1) is 23.7. The van der Waals surface area contributed by atoms with Crippen molar-refractivity contribution in [1.29, 1.82) is 0 Å². The number of ether oxygens (including phenoxy) is 1. The van der Waals surface area contributed by atoms with Crippen molar-refractivity contribution in [2.24, 2.45) is 0 Å². The number of morpholine rings is 1. The van der Waals surface area contributed by atoms with Crippen LogP contribution in [0.25, 0.3) is 6.08 Å². The lowest BCUT2D eigenvalue weighted by Crippen LogP contribution is -2.36. The Morgan fingerprint density at radius 2 is 1.94 bits per heavy atom. The molecule has 2 aliphatic heterocycles. The lowest BCUT2D eigenvalue weighted by Gasteiger charge is -2.28. The van der Waals surface area contributed by atoms with Crippen LogP contribution in [-0.2, 0) is 14.3 Å². The van der Waals surface area contributed by atoms with Crippen LogP contribution < -0.4 is 10.2 Å². The largest absolute Gasteiger partial charge is 0.378 e. The van der Waals surface area contributed by atoms with Crippen LogP contribution in [0.2, 0.25) is 5.02 Å². The Morgan fingerprint density at radius 1 is 1.21 bits per heavy atom. The van der Waals surface area contributed by atoms with E-state index in [0.29, 0.717) is 60.0 Å². The molecule has 2 aromatic rings. The highest BCUT2D eigenvalue weighted by molar-refractivity contribution is 8.18. The van der Waals surface area contributed by atoms with E-state index in [1.54, 1.807) is 36.4 Å². The van der Waals surface area contributed by atoms with Gasteiger partial charge in [0.05, 0.1) is 33.8 Å². The van der Waals surface area contributed by atoms with Crippen molar-refractivity contribution in [2.45, 2.75) is 0 Å². The summed E-state index contributed by atoms with van der Waals surface area (Å²) in [5.41, 5.74) is 1.13. The molecule has 2 aromatic carbocycles. The second-order valence-electron chi connectivity index (χ2n) is 7.40. The number of benzene rings is 2. The summed E-state index contributed by atoms with van der Waals surface area (Å²) in [5.74, 6) is -1.23. The van der Waals surface area contributed by atoms with Crippen molar-refractivity contribution < 1.29 is 24.0 Å². The van der Waals surface area contributed by atoms with Gasteiger partial charge in [-0.1, -0.05) is 29.8 Å². The molecule has 0 saturated carbocycles. The predicted octanol–water partition coefficient (Wildman–Crippen LogP) is 3.76. The molecule has 176 valence electrons. The summed E-state index contributed by atoms with van der Waals surface area (Å²) >= 11 is 6.69. The van der Waals surface area contributed by atoms with Gasteiger partial charge in [-0.05, 0) is 41.6 Å². The number of hydrogen-bond acceptors (Lipinski definition) is 8. The van der Waals surface area contributed by atoms with Gasteiger partial charge in [-0.3, -0.25) is 29.4 Å². The molecule has 3 amide bonds. The average molecular weight is 503 g/mol. The Balaban J connectivity index is 1.50. The number of carbonyl (C=O) groups excluding carboxylic acids is 3. The molecular weight excluding hydrogens is 484 g/mol. The van der Waals surface area contributed by atoms with E-state index in [2.05, 4.69) is 5.32 Å². The number of halogens is 1. The van der Waals surface area contributed by atoms with Crippen LogP contribution in [0, 0.1) is 10.1 Å². The van der Waals surface area contributed by atoms with Gasteiger partial charge < -0.3 is 15.0 Å². The number of thioether (sulfide) groups is 1. The maximum atomic E-state index is 12.8. The highest BCUT2D eigenvalue weighted by Crippen LogP contribution is 2.35. The molecule has 2 aliphatic rings. The third-order valence-electron chi connectivity index (χ3n) is 5.17. The number of rotatable bonds is 6. The number of nitrogens with zero attached hydrogens (tertiary/aromatic N) is 3. The molecule has 2 saturated heterocycles. The first-order valence-corrected chi connectivity index (χ1v) is 11.4. The van der Waals surface area contributed by atoms with Crippen molar-refractivity contribution in [3.05, 3.63) is 68.1 Å². The predicted molar refractivity (Wildman–Crippen MR) is 129 cm³/mol. The van der Waals surface area contributed by atoms with Crippen LogP contribution in [-0.4, -0.2) is 59.7 Å². The lowest BCUT2D eigenvalue weighted by molar-refractivity contribution is -0.384. The Morgan fingerprint density at radius 3 is 2.65 bits per heavy atom. The fourth-order valence-corrected chi connectivity index (χ4v) is 4.55. The fourth-order valence-electron chi connectivity index (χ4n) is 3.53. The molecule has 2 heterocycles. The number of hydrogen-bond donors (Lipinski definition) is 1. The summed E-state index contributed by atoms with van der Waals surface area (Å²) in [5, 5.41) is 13.9. The Labute approximate surface area is 203 Å².